The van der Waals surface area contributed by atoms with E-state index in [9.17, 15) is 5.26 Å². The Hall–Kier alpha value is -7.76. The Morgan fingerprint density at radius 1 is 0.417 bits per heavy atom. The summed E-state index contributed by atoms with van der Waals surface area (Å²) in [6.45, 7) is 0. The van der Waals surface area contributed by atoms with Gasteiger partial charge in [0, 0.05) is 73.8 Å². The lowest BCUT2D eigenvalue weighted by Gasteiger charge is -2.21. The van der Waals surface area contributed by atoms with Gasteiger partial charge in [-0.1, -0.05) is 115 Å². The fourth-order valence-electron chi connectivity index (χ4n) is 10.1. The second-order valence-corrected chi connectivity index (χ2v) is 15.6. The van der Waals surface area contributed by atoms with Gasteiger partial charge in [0.1, 0.15) is 6.07 Å². The van der Waals surface area contributed by atoms with Crippen LogP contribution in [-0.2, 0) is 20.3 Å². The fraction of sp³-hybridized carbons (Fsp3) is 0.0577. The highest BCUT2D eigenvalue weighted by molar-refractivity contribution is 6.25. The normalized spacial score (nSPS) is 12.4. The Kier molecular flexibility index (Phi) is 6.94. The molecule has 0 aliphatic heterocycles. The number of para-hydroxylation sites is 4. The first-order valence-corrected chi connectivity index (χ1v) is 19.8. The van der Waals surface area contributed by atoms with Crippen LogP contribution < -0.4 is 0 Å². The minimum atomic E-state index is -4.66. The average molecular weight is 784 g/mol. The molecule has 286 valence electrons. The number of hydrogen-bond acceptors (Lipinski definition) is 1. The predicted molar refractivity (Wildman–Crippen MR) is 238 cm³/mol. The number of benzene rings is 8. The maximum absolute atomic E-state index is 15.3. The van der Waals surface area contributed by atoms with Crippen LogP contribution in [0.2, 0.25) is 0 Å². The Morgan fingerprint density at radius 3 is 1.30 bits per heavy atom. The maximum Gasteiger partial charge on any atom is 0.417 e. The van der Waals surface area contributed by atoms with E-state index >= 15 is 13.2 Å². The highest BCUT2D eigenvalue weighted by Gasteiger charge is 2.35. The molecule has 0 unspecified atom stereocenters. The van der Waals surface area contributed by atoms with E-state index in [2.05, 4.69) is 85.0 Å². The monoisotopic (exact) mass is 783 g/mol. The molecule has 0 aliphatic rings. The molecule has 8 heteroatoms. The topological polar surface area (TPSA) is 43.5 Å². The van der Waals surface area contributed by atoms with Crippen LogP contribution in [0.25, 0.3) is 110 Å². The van der Waals surface area contributed by atoms with E-state index in [0.29, 0.717) is 22.5 Å². The highest BCUT2D eigenvalue weighted by atomic mass is 19.4. The van der Waals surface area contributed by atoms with Gasteiger partial charge in [0.25, 0.3) is 0 Å². The molecule has 0 radical (unpaired) electrons. The molecule has 8 aromatic carbocycles. The van der Waals surface area contributed by atoms with E-state index in [1.54, 1.807) is 18.2 Å². The van der Waals surface area contributed by atoms with Crippen LogP contribution >= 0.6 is 0 Å². The van der Waals surface area contributed by atoms with Gasteiger partial charge in [0.05, 0.1) is 55.6 Å². The van der Waals surface area contributed by atoms with Gasteiger partial charge in [-0.25, -0.2) is 0 Å². The zero-order valence-electron chi connectivity index (χ0n) is 32.4. The Bertz CT molecular complexity index is 3860. The van der Waals surface area contributed by atoms with Crippen LogP contribution in [0.3, 0.4) is 0 Å². The molecule has 0 saturated carbocycles. The zero-order chi connectivity index (χ0) is 40.6. The number of rotatable bonds is 3. The number of nitrogens with zero attached hydrogens (tertiary/aromatic N) is 5. The first-order chi connectivity index (χ1) is 29.2. The van der Waals surface area contributed by atoms with Gasteiger partial charge in [-0.2, -0.15) is 18.4 Å². The van der Waals surface area contributed by atoms with Gasteiger partial charge in [-0.15, -0.1) is 0 Å². The minimum absolute atomic E-state index is 0.0245. The number of halogens is 3. The van der Waals surface area contributed by atoms with Gasteiger partial charge in [-0.3, -0.25) is 0 Å². The molecule has 0 bridgehead atoms. The molecule has 0 atom stereocenters. The molecule has 4 aromatic heterocycles. The highest BCUT2D eigenvalue weighted by Crippen LogP contribution is 2.47. The van der Waals surface area contributed by atoms with Crippen LogP contribution in [-0.4, -0.2) is 18.3 Å². The third-order valence-corrected chi connectivity index (χ3v) is 12.6. The summed E-state index contributed by atoms with van der Waals surface area (Å²) < 4.78 is 54.3. The summed E-state index contributed by atoms with van der Waals surface area (Å²) in [5.74, 6) is 0. The van der Waals surface area contributed by atoms with Crippen molar-refractivity contribution in [3.8, 4) is 28.6 Å². The summed E-state index contributed by atoms with van der Waals surface area (Å²) in [7, 11) is 4.08. The standard InChI is InChI=1S/C52H32F3N5/c1-57-42-19-9-4-14-32(42)36-23-25-38-34-16-6-11-21-44(34)59(50(38)48(36)57)46-28-40(31-13-3-8-18-41(31)52(53,54)55)47(27-30(46)29-56)60-45-22-12-7-17-35(45)39-26-24-37-33-15-5-10-20-43(33)58(2)49(37)51(39)60/h3-28H,1-2H3. The van der Waals surface area contributed by atoms with E-state index in [-0.39, 0.29) is 5.56 Å². The number of aromatic nitrogens is 4. The van der Waals surface area contributed by atoms with E-state index in [1.807, 2.05) is 80.8 Å². The van der Waals surface area contributed by atoms with Gasteiger partial charge in [0.15, 0.2) is 0 Å². The van der Waals surface area contributed by atoms with Crippen molar-refractivity contribution in [2.24, 2.45) is 14.1 Å². The zero-order valence-corrected chi connectivity index (χ0v) is 32.4. The lowest BCUT2D eigenvalue weighted by atomic mass is 9.95. The largest absolute Gasteiger partial charge is 0.417 e. The molecule has 60 heavy (non-hydrogen) atoms. The molecule has 0 amide bonds. The molecular weight excluding hydrogens is 752 g/mol. The van der Waals surface area contributed by atoms with Crippen molar-refractivity contribution in [1.82, 2.24) is 18.3 Å². The Balaban J connectivity index is 1.30. The summed E-state index contributed by atoms with van der Waals surface area (Å²) >= 11 is 0. The van der Waals surface area contributed by atoms with E-state index in [1.165, 1.54) is 6.07 Å². The van der Waals surface area contributed by atoms with Crippen molar-refractivity contribution >= 4 is 87.2 Å². The smallest absolute Gasteiger partial charge is 0.342 e. The van der Waals surface area contributed by atoms with E-state index in [4.69, 9.17) is 0 Å². The Labute approximate surface area is 340 Å². The molecule has 0 saturated heterocycles. The average Bonchev–Trinajstić information content (AvgIpc) is 3.98. The SMILES string of the molecule is Cn1c2ccccc2c2ccc3c4ccccc4n(-c4cc(-c5ccccc5C(F)(F)F)c(-n5c6ccccc6c6ccc7c8ccccc8n(C)c7c65)cc4C#N)c3c21. The molecule has 0 N–H and O–H groups in total. The second kappa shape index (κ2) is 12.1. The lowest BCUT2D eigenvalue weighted by molar-refractivity contribution is -0.137. The number of hydrogen-bond donors (Lipinski definition) is 0. The third-order valence-electron chi connectivity index (χ3n) is 12.6. The number of aryl methyl sites for hydroxylation is 2. The van der Waals surface area contributed by atoms with Crippen LogP contribution in [0, 0.1) is 11.3 Å². The van der Waals surface area contributed by atoms with Gasteiger partial charge in [0.2, 0.25) is 0 Å². The summed E-state index contributed by atoms with van der Waals surface area (Å²) in [4.78, 5) is 0. The fourth-order valence-corrected chi connectivity index (χ4v) is 10.1. The minimum Gasteiger partial charge on any atom is -0.342 e. The van der Waals surface area contributed by atoms with Crippen molar-refractivity contribution in [1.29, 1.82) is 5.26 Å². The van der Waals surface area contributed by atoms with Crippen molar-refractivity contribution in [3.63, 3.8) is 0 Å². The summed E-state index contributed by atoms with van der Waals surface area (Å²) in [5.41, 5.74) is 8.32. The molecule has 12 rings (SSSR count). The number of alkyl halides is 3. The molecule has 4 heterocycles. The number of nitriles is 1. The summed E-state index contributed by atoms with van der Waals surface area (Å²) in [5, 5.41) is 19.4. The third kappa shape index (κ3) is 4.46. The lowest BCUT2D eigenvalue weighted by Crippen LogP contribution is -2.09. The first-order valence-electron chi connectivity index (χ1n) is 19.8. The van der Waals surface area contributed by atoms with E-state index in [0.717, 1.165) is 93.3 Å². The predicted octanol–water partition coefficient (Wildman–Crippen LogP) is 13.7. The molecular formula is C52H32F3N5. The van der Waals surface area contributed by atoms with Crippen molar-refractivity contribution in [3.05, 3.63) is 169 Å². The Morgan fingerprint density at radius 2 is 0.817 bits per heavy atom. The van der Waals surface area contributed by atoms with E-state index < -0.39 is 11.7 Å². The second-order valence-electron chi connectivity index (χ2n) is 15.6. The van der Waals surface area contributed by atoms with Crippen LogP contribution in [0.5, 0.6) is 0 Å². The van der Waals surface area contributed by atoms with Crippen LogP contribution in [0.4, 0.5) is 13.2 Å². The van der Waals surface area contributed by atoms with Gasteiger partial charge in [-0.05, 0) is 48.0 Å². The molecule has 0 fully saturated rings. The first kappa shape index (κ1) is 34.3. The quantitative estimate of drug-likeness (QED) is 0.176. The summed E-state index contributed by atoms with van der Waals surface area (Å²) in [6, 6.07) is 52.9. The van der Waals surface area contributed by atoms with Crippen molar-refractivity contribution < 1.29 is 13.2 Å². The van der Waals surface area contributed by atoms with Crippen molar-refractivity contribution in [2.75, 3.05) is 0 Å². The maximum atomic E-state index is 15.3. The van der Waals surface area contributed by atoms with Gasteiger partial charge < -0.3 is 18.3 Å². The number of fused-ring (bicyclic) bond motifs is 14. The molecule has 0 aliphatic carbocycles. The molecule has 12 aromatic rings. The van der Waals surface area contributed by atoms with Crippen LogP contribution in [0.1, 0.15) is 11.1 Å². The summed E-state index contributed by atoms with van der Waals surface area (Å²) in [6.07, 6.45) is -4.66. The van der Waals surface area contributed by atoms with Crippen molar-refractivity contribution in [2.45, 2.75) is 6.18 Å². The van der Waals surface area contributed by atoms with Gasteiger partial charge >= 0.3 is 6.18 Å². The molecule has 0 spiro atoms. The molecule has 5 nitrogen and oxygen atoms in total. The van der Waals surface area contributed by atoms with Crippen LogP contribution in [0.15, 0.2) is 158 Å².